The van der Waals surface area contributed by atoms with Crippen molar-refractivity contribution in [3.05, 3.63) is 93.5 Å². The van der Waals surface area contributed by atoms with Gasteiger partial charge in [0.15, 0.2) is 0 Å². The number of anilines is 1. The number of rotatable bonds is 15. The predicted octanol–water partition coefficient (Wildman–Crippen LogP) is 2.93. The van der Waals surface area contributed by atoms with Gasteiger partial charge in [0.05, 0.1) is 50.0 Å². The Morgan fingerprint density at radius 3 is 2.69 bits per heavy atom. The highest BCUT2D eigenvalue weighted by Crippen LogP contribution is 2.32. The van der Waals surface area contributed by atoms with Crippen molar-refractivity contribution in [2.75, 3.05) is 77.6 Å². The number of phenols is 1. The maximum atomic E-state index is 12.7. The SMILES string of the molecule is Cc1cnc(N2CCOC3(CCN(Cc4cccc(CCOCCC(=O)N(C)CCNC[C@H](O)c5ccc(O)c6[nH]c(=O)ccc56)c4)CC3)C2)nc1. The number of hydrogen-bond donors (Lipinski definition) is 4. The molecule has 0 bridgehead atoms. The largest absolute Gasteiger partial charge is 0.506 e. The van der Waals surface area contributed by atoms with E-state index in [4.69, 9.17) is 9.47 Å². The number of morpholine rings is 1. The number of amides is 1. The number of nitrogens with one attached hydrogen (secondary N) is 2. The zero-order valence-corrected chi connectivity index (χ0v) is 30.2. The van der Waals surface area contributed by atoms with Crippen LogP contribution in [0.1, 0.15) is 47.6 Å². The van der Waals surface area contributed by atoms with Crippen LogP contribution in [-0.4, -0.2) is 119 Å². The molecule has 6 rings (SSSR count). The number of hydrogen-bond acceptors (Lipinski definition) is 11. The van der Waals surface area contributed by atoms with Crippen molar-refractivity contribution in [1.29, 1.82) is 0 Å². The molecule has 52 heavy (non-hydrogen) atoms. The number of aromatic hydroxyl groups is 1. The molecule has 2 saturated heterocycles. The van der Waals surface area contributed by atoms with E-state index in [1.54, 1.807) is 24.1 Å². The number of piperidine rings is 1. The summed E-state index contributed by atoms with van der Waals surface area (Å²) in [5, 5.41) is 24.6. The second-order valence-electron chi connectivity index (χ2n) is 14.0. The average Bonchev–Trinajstić information content (AvgIpc) is 3.15. The van der Waals surface area contributed by atoms with Crippen LogP contribution in [0.4, 0.5) is 5.95 Å². The van der Waals surface area contributed by atoms with E-state index in [-0.39, 0.29) is 29.4 Å². The molecule has 2 aromatic heterocycles. The lowest BCUT2D eigenvalue weighted by molar-refractivity contribution is -0.131. The Morgan fingerprint density at radius 2 is 1.88 bits per heavy atom. The Kier molecular flexibility index (Phi) is 12.5. The molecule has 4 heterocycles. The topological polar surface area (TPSA) is 156 Å². The van der Waals surface area contributed by atoms with E-state index in [1.165, 1.54) is 23.3 Å². The molecule has 0 radical (unpaired) electrons. The van der Waals surface area contributed by atoms with Crippen LogP contribution in [0.3, 0.4) is 0 Å². The minimum Gasteiger partial charge on any atom is -0.506 e. The zero-order valence-electron chi connectivity index (χ0n) is 30.2. The van der Waals surface area contributed by atoms with Gasteiger partial charge >= 0.3 is 0 Å². The second-order valence-corrected chi connectivity index (χ2v) is 14.0. The Hall–Kier alpha value is -4.40. The van der Waals surface area contributed by atoms with E-state index in [2.05, 4.69) is 54.3 Å². The number of likely N-dealkylation sites (N-methyl/N-ethyl adjacent to an activating group) is 1. The van der Waals surface area contributed by atoms with Crippen molar-refractivity contribution >= 4 is 22.8 Å². The highest BCUT2D eigenvalue weighted by atomic mass is 16.5. The number of ether oxygens (including phenoxy) is 2. The third-order valence-electron chi connectivity index (χ3n) is 10.1. The molecule has 2 fully saturated rings. The Bertz CT molecular complexity index is 1840. The fourth-order valence-corrected chi connectivity index (χ4v) is 7.04. The summed E-state index contributed by atoms with van der Waals surface area (Å²) in [5.74, 6) is 0.735. The van der Waals surface area contributed by atoms with Crippen LogP contribution in [0.25, 0.3) is 10.9 Å². The number of carbonyl (C=O) groups is 1. The molecule has 1 atom stereocenters. The number of aryl methyl sites for hydroxylation is 1. The minimum absolute atomic E-state index is 0.00374. The van der Waals surface area contributed by atoms with Gasteiger partial charge in [0.1, 0.15) is 5.75 Å². The van der Waals surface area contributed by atoms with Gasteiger partial charge in [-0.2, -0.15) is 0 Å². The quantitative estimate of drug-likeness (QED) is 0.134. The molecular weight excluding hydrogens is 662 g/mol. The lowest BCUT2D eigenvalue weighted by Crippen LogP contribution is -2.57. The first-order valence-electron chi connectivity index (χ1n) is 18.2. The minimum atomic E-state index is -0.856. The number of phenolic OH excluding ortho intramolecular Hbond substituents is 1. The van der Waals surface area contributed by atoms with Crippen molar-refractivity contribution in [3.8, 4) is 5.75 Å². The van der Waals surface area contributed by atoms with Crippen LogP contribution in [0.5, 0.6) is 5.75 Å². The number of carbonyl (C=O) groups excluding carboxylic acids is 1. The Balaban J connectivity index is 0.851. The van der Waals surface area contributed by atoms with Gasteiger partial charge in [0.2, 0.25) is 17.4 Å². The number of aliphatic hydroxyl groups excluding tert-OH is 1. The molecule has 4 aromatic rings. The summed E-state index contributed by atoms with van der Waals surface area (Å²) in [7, 11) is 1.76. The summed E-state index contributed by atoms with van der Waals surface area (Å²) in [6, 6.07) is 14.7. The summed E-state index contributed by atoms with van der Waals surface area (Å²) in [6.45, 7) is 9.36. The van der Waals surface area contributed by atoms with Crippen LogP contribution in [0.15, 0.2) is 65.7 Å². The van der Waals surface area contributed by atoms with Crippen molar-refractivity contribution in [2.24, 2.45) is 0 Å². The van der Waals surface area contributed by atoms with Crippen LogP contribution in [0, 0.1) is 6.92 Å². The number of H-pyrrole nitrogens is 1. The molecule has 13 nitrogen and oxygen atoms in total. The fraction of sp³-hybridized carbons (Fsp3) is 0.487. The Labute approximate surface area is 304 Å². The van der Waals surface area contributed by atoms with Gasteiger partial charge in [-0.1, -0.05) is 30.3 Å². The van der Waals surface area contributed by atoms with Gasteiger partial charge in [-0.25, -0.2) is 9.97 Å². The van der Waals surface area contributed by atoms with E-state index in [9.17, 15) is 19.8 Å². The fourth-order valence-electron chi connectivity index (χ4n) is 7.04. The number of fused-ring (bicyclic) bond motifs is 1. The number of aliphatic hydroxyl groups is 1. The maximum Gasteiger partial charge on any atom is 0.248 e. The van der Waals surface area contributed by atoms with Crippen molar-refractivity contribution in [2.45, 2.75) is 50.9 Å². The number of pyridine rings is 1. The van der Waals surface area contributed by atoms with Crippen LogP contribution >= 0.6 is 0 Å². The summed E-state index contributed by atoms with van der Waals surface area (Å²) < 4.78 is 12.2. The van der Waals surface area contributed by atoms with Gasteiger partial charge in [-0.05, 0) is 60.6 Å². The molecule has 0 saturated carbocycles. The molecule has 278 valence electrons. The van der Waals surface area contributed by atoms with Crippen LogP contribution in [-0.2, 0) is 27.2 Å². The molecule has 2 aliphatic rings. The number of aromatic nitrogens is 3. The molecule has 1 amide bonds. The van der Waals surface area contributed by atoms with E-state index in [1.807, 2.05) is 19.3 Å². The van der Waals surface area contributed by atoms with E-state index >= 15 is 0 Å². The Morgan fingerprint density at radius 1 is 1.10 bits per heavy atom. The molecule has 0 aliphatic carbocycles. The van der Waals surface area contributed by atoms with Crippen LogP contribution < -0.4 is 15.8 Å². The summed E-state index contributed by atoms with van der Waals surface area (Å²) >= 11 is 0. The average molecular weight is 714 g/mol. The summed E-state index contributed by atoms with van der Waals surface area (Å²) in [5.41, 5.74) is 4.00. The highest BCUT2D eigenvalue weighted by Gasteiger charge is 2.40. The lowest BCUT2D eigenvalue weighted by Gasteiger charge is -2.47. The summed E-state index contributed by atoms with van der Waals surface area (Å²) in [6.07, 6.45) is 5.95. The molecule has 1 spiro atoms. The molecule has 4 N–H and O–H groups in total. The first kappa shape index (κ1) is 37.4. The molecule has 2 aromatic carbocycles. The highest BCUT2D eigenvalue weighted by molar-refractivity contribution is 5.87. The number of likely N-dealkylation sites (tertiary alicyclic amines) is 1. The third kappa shape index (κ3) is 9.72. The van der Waals surface area contributed by atoms with Crippen molar-refractivity contribution < 1.29 is 24.5 Å². The molecular formula is C39H51N7O6. The van der Waals surface area contributed by atoms with Gasteiger partial charge < -0.3 is 39.8 Å². The number of nitrogens with zero attached hydrogens (tertiary/aromatic N) is 5. The monoisotopic (exact) mass is 713 g/mol. The third-order valence-corrected chi connectivity index (χ3v) is 10.1. The number of aromatic amines is 1. The van der Waals surface area contributed by atoms with Crippen molar-refractivity contribution in [3.63, 3.8) is 0 Å². The van der Waals surface area contributed by atoms with E-state index < -0.39 is 6.10 Å². The lowest BCUT2D eigenvalue weighted by atomic mass is 9.89. The first-order valence-corrected chi connectivity index (χ1v) is 18.2. The standard InChI is InChI=1S/C39H51N7O6/c1-28-23-41-38(42-24-28)46-18-21-52-39(27-46)12-15-45(16-13-39)26-30-5-3-4-29(22-30)10-19-51-20-11-36(50)44(2)17-14-40-25-34(48)31-6-8-33(47)37-32(31)7-9-35(49)43-37/h3-9,22-24,34,40,47-48H,10-21,25-27H2,1-2H3,(H,43,49)/t34-/m0/s1. The maximum absolute atomic E-state index is 12.7. The predicted molar refractivity (Wildman–Crippen MR) is 199 cm³/mol. The molecule has 2 aliphatic heterocycles. The second kappa shape index (κ2) is 17.4. The zero-order chi connectivity index (χ0) is 36.5. The normalized spacial score (nSPS) is 16.7. The van der Waals surface area contributed by atoms with Gasteiger partial charge in [-0.15, -0.1) is 0 Å². The van der Waals surface area contributed by atoms with Crippen LogP contribution in [0.2, 0.25) is 0 Å². The summed E-state index contributed by atoms with van der Waals surface area (Å²) in [4.78, 5) is 42.4. The first-order chi connectivity index (χ1) is 25.2. The molecule has 0 unspecified atom stereocenters. The van der Waals surface area contributed by atoms with Gasteiger partial charge in [0.25, 0.3) is 0 Å². The molecule has 13 heteroatoms. The van der Waals surface area contributed by atoms with E-state index in [0.717, 1.165) is 63.5 Å². The smallest absolute Gasteiger partial charge is 0.248 e. The number of benzene rings is 2. The van der Waals surface area contributed by atoms with Crippen molar-refractivity contribution in [1.82, 2.24) is 30.1 Å². The van der Waals surface area contributed by atoms with E-state index in [0.29, 0.717) is 55.8 Å². The van der Waals surface area contributed by atoms with Gasteiger partial charge in [-0.3, -0.25) is 14.5 Å². The van der Waals surface area contributed by atoms with Gasteiger partial charge in [0, 0.05) is 76.7 Å².